The molecule has 1 fully saturated rings. The van der Waals surface area contributed by atoms with Crippen LogP contribution in [0.2, 0.25) is 0 Å². The van der Waals surface area contributed by atoms with Crippen molar-refractivity contribution in [1.82, 2.24) is 10.6 Å². The molecule has 0 spiro atoms. The maximum absolute atomic E-state index is 12.1. The van der Waals surface area contributed by atoms with Crippen molar-refractivity contribution in [3.63, 3.8) is 0 Å². The van der Waals surface area contributed by atoms with E-state index in [-0.39, 0.29) is 18.3 Å². The molecule has 1 atom stereocenters. The molecule has 1 aliphatic rings. The van der Waals surface area contributed by atoms with Gasteiger partial charge in [-0.15, -0.1) is 12.4 Å². The minimum Gasteiger partial charge on any atom is -0.366 e. The minimum atomic E-state index is -0.424. The Morgan fingerprint density at radius 2 is 2.04 bits per heavy atom. The number of benzene rings is 1. The van der Waals surface area contributed by atoms with Crippen LogP contribution in [0.3, 0.4) is 0 Å². The molecule has 1 aromatic carbocycles. The zero-order valence-corrected chi connectivity index (χ0v) is 15.0. The van der Waals surface area contributed by atoms with E-state index >= 15 is 0 Å². The maximum atomic E-state index is 12.1. The number of primary amides is 1. The minimum absolute atomic E-state index is 0. The molecule has 5 nitrogen and oxygen atoms in total. The van der Waals surface area contributed by atoms with Crippen LogP contribution < -0.4 is 16.4 Å². The summed E-state index contributed by atoms with van der Waals surface area (Å²) in [5, 5.41) is 6.33. The second-order valence-electron chi connectivity index (χ2n) is 6.43. The molecule has 24 heavy (non-hydrogen) atoms. The van der Waals surface area contributed by atoms with Gasteiger partial charge in [0.1, 0.15) is 0 Å². The van der Waals surface area contributed by atoms with Gasteiger partial charge in [0.2, 0.25) is 11.8 Å². The number of halogens is 1. The second kappa shape index (κ2) is 10.3. The molecular weight excluding hydrogens is 326 g/mol. The molecule has 134 valence electrons. The number of carbonyl (C=O) groups excluding carboxylic acids is 2. The summed E-state index contributed by atoms with van der Waals surface area (Å²) in [6.45, 7) is 4.88. The lowest BCUT2D eigenvalue weighted by Gasteiger charge is -2.27. The predicted molar refractivity (Wildman–Crippen MR) is 98.3 cm³/mol. The topological polar surface area (TPSA) is 84.2 Å². The molecule has 1 heterocycles. The van der Waals surface area contributed by atoms with E-state index < -0.39 is 5.91 Å². The highest BCUT2D eigenvalue weighted by molar-refractivity contribution is 5.92. The molecule has 1 aromatic rings. The third-order valence-electron chi connectivity index (χ3n) is 4.64. The molecule has 0 aromatic heterocycles. The average Bonchev–Trinajstić information content (AvgIpc) is 2.56. The third-order valence-corrected chi connectivity index (χ3v) is 4.64. The van der Waals surface area contributed by atoms with E-state index in [2.05, 4.69) is 17.6 Å². The zero-order valence-electron chi connectivity index (χ0n) is 14.2. The number of hydrogen-bond acceptors (Lipinski definition) is 3. The van der Waals surface area contributed by atoms with E-state index in [1.54, 1.807) is 12.1 Å². The zero-order chi connectivity index (χ0) is 16.7. The van der Waals surface area contributed by atoms with Gasteiger partial charge in [0.05, 0.1) is 0 Å². The van der Waals surface area contributed by atoms with Gasteiger partial charge in [-0.3, -0.25) is 9.59 Å². The Morgan fingerprint density at radius 3 is 2.71 bits per heavy atom. The molecule has 0 saturated carbocycles. The number of nitrogens with one attached hydrogen (secondary N) is 2. The highest BCUT2D eigenvalue weighted by atomic mass is 35.5. The largest absolute Gasteiger partial charge is 0.366 e. The first kappa shape index (κ1) is 20.5. The van der Waals surface area contributed by atoms with Crippen LogP contribution in [0, 0.1) is 11.8 Å². The van der Waals surface area contributed by atoms with Gasteiger partial charge in [-0.2, -0.15) is 0 Å². The van der Waals surface area contributed by atoms with Gasteiger partial charge in [0.15, 0.2) is 0 Å². The molecule has 0 bridgehead atoms. The lowest BCUT2D eigenvalue weighted by molar-refractivity contribution is -0.122. The van der Waals surface area contributed by atoms with Crippen molar-refractivity contribution in [2.45, 2.75) is 32.6 Å². The summed E-state index contributed by atoms with van der Waals surface area (Å²) in [5.41, 5.74) is 6.79. The van der Waals surface area contributed by atoms with Crippen molar-refractivity contribution in [3.05, 3.63) is 35.4 Å². The predicted octanol–water partition coefficient (Wildman–Crippen LogP) is 1.89. The van der Waals surface area contributed by atoms with Crippen molar-refractivity contribution in [1.29, 1.82) is 0 Å². The van der Waals surface area contributed by atoms with Gasteiger partial charge < -0.3 is 16.4 Å². The highest BCUT2D eigenvalue weighted by Crippen LogP contribution is 2.24. The highest BCUT2D eigenvalue weighted by Gasteiger charge is 2.21. The Balaban J connectivity index is 0.00000288. The molecule has 1 saturated heterocycles. The molecular formula is C18H28ClN3O2. The van der Waals surface area contributed by atoms with Crippen LogP contribution in [-0.2, 0) is 11.2 Å². The maximum Gasteiger partial charge on any atom is 0.248 e. The van der Waals surface area contributed by atoms with Crippen LogP contribution >= 0.6 is 12.4 Å². The van der Waals surface area contributed by atoms with Crippen molar-refractivity contribution in [3.8, 4) is 0 Å². The Morgan fingerprint density at radius 1 is 1.33 bits per heavy atom. The number of nitrogens with two attached hydrogens (primary N) is 1. The van der Waals surface area contributed by atoms with Gasteiger partial charge in [0.25, 0.3) is 0 Å². The van der Waals surface area contributed by atoms with Crippen LogP contribution in [0.15, 0.2) is 24.3 Å². The Kier molecular flexibility index (Phi) is 8.79. The molecule has 2 amide bonds. The van der Waals surface area contributed by atoms with Crippen LogP contribution in [0.1, 0.15) is 42.1 Å². The summed E-state index contributed by atoms with van der Waals surface area (Å²) < 4.78 is 0. The second-order valence-corrected chi connectivity index (χ2v) is 6.43. The first-order valence-electron chi connectivity index (χ1n) is 8.42. The molecule has 1 aliphatic heterocycles. The Hall–Kier alpha value is -1.59. The molecule has 1 unspecified atom stereocenters. The molecule has 6 heteroatoms. The quantitative estimate of drug-likeness (QED) is 0.699. The fourth-order valence-electron chi connectivity index (χ4n) is 3.17. The fourth-order valence-corrected chi connectivity index (χ4v) is 3.17. The number of rotatable bonds is 7. The summed E-state index contributed by atoms with van der Waals surface area (Å²) in [4.78, 5) is 23.2. The van der Waals surface area contributed by atoms with E-state index in [1.807, 2.05) is 12.1 Å². The van der Waals surface area contributed by atoms with Gasteiger partial charge >= 0.3 is 0 Å². The first-order chi connectivity index (χ1) is 11.1. The number of piperidine rings is 1. The summed E-state index contributed by atoms with van der Waals surface area (Å²) in [6.07, 6.45) is 3.61. The standard InChI is InChI=1S/C18H27N3O2.ClH/c1-13(15-6-8-20-9-7-15)11-17(22)21-10-5-14-3-2-4-16(12-14)18(19)23;/h2-4,12-13,15,20H,5-11H2,1H3,(H2,19,23)(H,21,22);1H. The summed E-state index contributed by atoms with van der Waals surface area (Å²) in [5.74, 6) is 0.762. The Labute approximate surface area is 150 Å². The van der Waals surface area contributed by atoms with Gasteiger partial charge in [0, 0.05) is 18.5 Å². The van der Waals surface area contributed by atoms with Crippen LogP contribution in [0.4, 0.5) is 0 Å². The Bertz CT molecular complexity index is 545. The summed E-state index contributed by atoms with van der Waals surface area (Å²) in [7, 11) is 0. The third kappa shape index (κ3) is 6.49. The molecule has 0 radical (unpaired) electrons. The van der Waals surface area contributed by atoms with E-state index in [1.165, 1.54) is 0 Å². The van der Waals surface area contributed by atoms with Crippen molar-refractivity contribution in [2.24, 2.45) is 17.6 Å². The average molecular weight is 354 g/mol. The van der Waals surface area contributed by atoms with E-state index in [4.69, 9.17) is 5.73 Å². The van der Waals surface area contributed by atoms with Gasteiger partial charge in [-0.05, 0) is 61.9 Å². The summed E-state index contributed by atoms with van der Waals surface area (Å²) in [6, 6.07) is 7.24. The monoisotopic (exact) mass is 353 g/mol. The first-order valence-corrected chi connectivity index (χ1v) is 8.42. The van der Waals surface area contributed by atoms with E-state index in [0.29, 0.717) is 36.8 Å². The SMILES string of the molecule is CC(CC(=O)NCCc1cccc(C(N)=O)c1)C1CCNCC1.Cl. The van der Waals surface area contributed by atoms with Crippen LogP contribution in [0.5, 0.6) is 0 Å². The van der Waals surface area contributed by atoms with Crippen molar-refractivity contribution >= 4 is 24.2 Å². The van der Waals surface area contributed by atoms with Gasteiger partial charge in [-0.1, -0.05) is 19.1 Å². The van der Waals surface area contributed by atoms with Crippen molar-refractivity contribution < 1.29 is 9.59 Å². The molecule has 2 rings (SSSR count). The molecule has 0 aliphatic carbocycles. The van der Waals surface area contributed by atoms with Crippen LogP contribution in [0.25, 0.3) is 0 Å². The lowest BCUT2D eigenvalue weighted by Crippen LogP contribution is -2.34. The summed E-state index contributed by atoms with van der Waals surface area (Å²) >= 11 is 0. The van der Waals surface area contributed by atoms with Crippen LogP contribution in [-0.4, -0.2) is 31.4 Å². The number of carbonyl (C=O) groups is 2. The smallest absolute Gasteiger partial charge is 0.248 e. The lowest BCUT2D eigenvalue weighted by atomic mass is 9.84. The van der Waals surface area contributed by atoms with E-state index in [0.717, 1.165) is 31.5 Å². The normalized spacial score (nSPS) is 16.0. The number of hydrogen-bond donors (Lipinski definition) is 3. The van der Waals surface area contributed by atoms with E-state index in [9.17, 15) is 9.59 Å². The molecule has 4 N–H and O–H groups in total. The number of amides is 2. The van der Waals surface area contributed by atoms with Gasteiger partial charge in [-0.25, -0.2) is 0 Å². The van der Waals surface area contributed by atoms with Crippen molar-refractivity contribution in [2.75, 3.05) is 19.6 Å². The fraction of sp³-hybridized carbons (Fsp3) is 0.556.